The normalized spacial score (nSPS) is 23.0. The fourth-order valence-electron chi connectivity index (χ4n) is 3.94. The summed E-state index contributed by atoms with van der Waals surface area (Å²) in [7, 11) is 0. The molecule has 2 aliphatic heterocycles. The largest absolute Gasteiger partial charge is 0.508 e. The number of hydrogen-bond donors (Lipinski definition) is 2. The first-order valence-corrected chi connectivity index (χ1v) is 9.71. The summed E-state index contributed by atoms with van der Waals surface area (Å²) in [5.74, 6) is 1.18. The van der Waals surface area contributed by atoms with Crippen LogP contribution in [-0.4, -0.2) is 83.4 Å². The van der Waals surface area contributed by atoms with Gasteiger partial charge in [-0.2, -0.15) is 0 Å². The average molecular weight is 348 g/mol. The van der Waals surface area contributed by atoms with Gasteiger partial charge in [0, 0.05) is 45.8 Å². The van der Waals surface area contributed by atoms with Crippen LogP contribution in [0.15, 0.2) is 24.3 Å². The van der Waals surface area contributed by atoms with Gasteiger partial charge in [-0.15, -0.1) is 0 Å². The van der Waals surface area contributed by atoms with Gasteiger partial charge in [0.2, 0.25) is 0 Å². The summed E-state index contributed by atoms with van der Waals surface area (Å²) in [5, 5.41) is 20.0. The Morgan fingerprint density at radius 1 is 0.960 bits per heavy atom. The van der Waals surface area contributed by atoms with E-state index in [1.165, 1.54) is 12.8 Å². The van der Waals surface area contributed by atoms with Crippen molar-refractivity contribution in [3.63, 3.8) is 0 Å². The maximum absolute atomic E-state index is 10.4. The van der Waals surface area contributed by atoms with Gasteiger partial charge in [0.15, 0.2) is 0 Å². The van der Waals surface area contributed by atoms with Gasteiger partial charge in [-0.3, -0.25) is 9.80 Å². The van der Waals surface area contributed by atoms with Gasteiger partial charge in [-0.1, -0.05) is 19.1 Å². The molecular formula is C20H33N3O2. The van der Waals surface area contributed by atoms with Crippen LogP contribution in [0, 0.1) is 5.92 Å². The summed E-state index contributed by atoms with van der Waals surface area (Å²) in [6.07, 6.45) is 2.28. The Morgan fingerprint density at radius 3 is 2.20 bits per heavy atom. The van der Waals surface area contributed by atoms with Crippen molar-refractivity contribution < 1.29 is 10.2 Å². The highest BCUT2D eigenvalue weighted by Crippen LogP contribution is 2.17. The maximum atomic E-state index is 10.4. The summed E-state index contributed by atoms with van der Waals surface area (Å²) in [4.78, 5) is 7.22. The lowest BCUT2D eigenvalue weighted by molar-refractivity contribution is 0.0415. The molecular weight excluding hydrogens is 314 g/mol. The van der Waals surface area contributed by atoms with Crippen molar-refractivity contribution in [1.82, 2.24) is 14.7 Å². The van der Waals surface area contributed by atoms with E-state index in [4.69, 9.17) is 0 Å². The Kier molecular flexibility index (Phi) is 6.70. The van der Waals surface area contributed by atoms with Gasteiger partial charge in [-0.25, -0.2) is 0 Å². The molecule has 0 radical (unpaired) electrons. The minimum Gasteiger partial charge on any atom is -0.508 e. The minimum atomic E-state index is -0.244. The van der Waals surface area contributed by atoms with Gasteiger partial charge in [0.05, 0.1) is 6.10 Å². The highest BCUT2D eigenvalue weighted by Gasteiger charge is 2.22. The number of nitrogens with zero attached hydrogens (tertiary/aromatic N) is 3. The summed E-state index contributed by atoms with van der Waals surface area (Å²) < 4.78 is 0. The predicted molar refractivity (Wildman–Crippen MR) is 101 cm³/mol. The lowest BCUT2D eigenvalue weighted by atomic mass is 9.99. The molecule has 1 atom stereocenters. The number of benzene rings is 1. The van der Waals surface area contributed by atoms with Crippen molar-refractivity contribution in [3.8, 4) is 5.75 Å². The van der Waals surface area contributed by atoms with Crippen LogP contribution in [0.2, 0.25) is 0 Å². The number of β-amino-alcohol motifs (C(OH)–C–C–N with tert-alkyl or cyclic N) is 1. The van der Waals surface area contributed by atoms with Crippen molar-refractivity contribution in [2.24, 2.45) is 5.92 Å². The Labute approximate surface area is 151 Å². The first-order chi connectivity index (χ1) is 12.1. The molecule has 5 nitrogen and oxygen atoms in total. The van der Waals surface area contributed by atoms with E-state index < -0.39 is 0 Å². The molecule has 2 saturated heterocycles. The Bertz CT molecular complexity index is 523. The fraction of sp³-hybridized carbons (Fsp3) is 0.700. The van der Waals surface area contributed by atoms with Crippen molar-refractivity contribution in [3.05, 3.63) is 29.8 Å². The summed E-state index contributed by atoms with van der Waals surface area (Å²) >= 11 is 0. The molecule has 0 spiro atoms. The molecule has 1 unspecified atom stereocenters. The molecule has 2 heterocycles. The zero-order chi connectivity index (χ0) is 17.6. The molecule has 1 aromatic rings. The minimum absolute atomic E-state index is 0.244. The monoisotopic (exact) mass is 347 g/mol. The second kappa shape index (κ2) is 8.99. The van der Waals surface area contributed by atoms with E-state index in [0.29, 0.717) is 5.75 Å². The second-order valence-electron chi connectivity index (χ2n) is 7.88. The van der Waals surface area contributed by atoms with Crippen molar-refractivity contribution in [2.45, 2.75) is 32.4 Å². The zero-order valence-electron chi connectivity index (χ0n) is 15.5. The quantitative estimate of drug-likeness (QED) is 0.819. The molecule has 0 aromatic heterocycles. The Morgan fingerprint density at radius 2 is 1.56 bits per heavy atom. The second-order valence-corrected chi connectivity index (χ2v) is 7.88. The Balaban J connectivity index is 1.36. The van der Waals surface area contributed by atoms with E-state index in [1.54, 1.807) is 6.07 Å². The standard InChI is InChI=1S/C20H33N3O2/c1-17-5-7-21(8-6-17)15-20(25)16-23-11-9-22(10-12-23)14-18-3-2-4-19(24)13-18/h2-4,13,17,20,24-25H,5-12,14-16H2,1H3. The van der Waals surface area contributed by atoms with E-state index in [0.717, 1.165) is 70.4 Å². The van der Waals surface area contributed by atoms with Crippen LogP contribution in [-0.2, 0) is 6.54 Å². The van der Waals surface area contributed by atoms with Crippen LogP contribution >= 0.6 is 0 Å². The van der Waals surface area contributed by atoms with Crippen LogP contribution in [0.4, 0.5) is 0 Å². The number of piperazine rings is 1. The molecule has 0 amide bonds. The smallest absolute Gasteiger partial charge is 0.115 e. The molecule has 2 aliphatic rings. The molecule has 2 N–H and O–H groups in total. The van der Waals surface area contributed by atoms with E-state index in [9.17, 15) is 10.2 Å². The van der Waals surface area contributed by atoms with Crippen LogP contribution in [0.1, 0.15) is 25.3 Å². The average Bonchev–Trinajstić information content (AvgIpc) is 2.59. The molecule has 0 saturated carbocycles. The van der Waals surface area contributed by atoms with Gasteiger partial charge < -0.3 is 15.1 Å². The molecule has 140 valence electrons. The number of phenolic OH excluding ortho intramolecular Hbond substituents is 1. The number of aliphatic hydroxyl groups is 1. The summed E-state index contributed by atoms with van der Waals surface area (Å²) in [5.41, 5.74) is 1.16. The summed E-state index contributed by atoms with van der Waals surface area (Å²) in [6, 6.07) is 7.52. The third-order valence-corrected chi connectivity index (χ3v) is 5.60. The number of aliphatic hydroxyl groups excluding tert-OH is 1. The van der Waals surface area contributed by atoms with Crippen molar-refractivity contribution >= 4 is 0 Å². The molecule has 5 heteroatoms. The SMILES string of the molecule is CC1CCN(CC(O)CN2CCN(Cc3cccc(O)c3)CC2)CC1. The fourth-order valence-corrected chi connectivity index (χ4v) is 3.94. The number of piperidine rings is 1. The van der Waals surface area contributed by atoms with E-state index in [-0.39, 0.29) is 6.10 Å². The number of likely N-dealkylation sites (tertiary alicyclic amines) is 1. The van der Waals surface area contributed by atoms with E-state index in [1.807, 2.05) is 12.1 Å². The maximum Gasteiger partial charge on any atom is 0.115 e. The van der Waals surface area contributed by atoms with Crippen LogP contribution < -0.4 is 0 Å². The van der Waals surface area contributed by atoms with E-state index >= 15 is 0 Å². The molecule has 2 fully saturated rings. The number of aromatic hydroxyl groups is 1. The third-order valence-electron chi connectivity index (χ3n) is 5.60. The van der Waals surface area contributed by atoms with Gasteiger partial charge in [-0.05, 0) is 49.5 Å². The van der Waals surface area contributed by atoms with E-state index in [2.05, 4.69) is 27.7 Å². The van der Waals surface area contributed by atoms with Crippen LogP contribution in [0.25, 0.3) is 0 Å². The van der Waals surface area contributed by atoms with Crippen molar-refractivity contribution in [2.75, 3.05) is 52.4 Å². The lowest BCUT2D eigenvalue weighted by Gasteiger charge is -2.37. The molecule has 3 rings (SSSR count). The molecule has 25 heavy (non-hydrogen) atoms. The number of phenols is 1. The molecule has 1 aromatic carbocycles. The first-order valence-electron chi connectivity index (χ1n) is 9.71. The molecule has 0 aliphatic carbocycles. The van der Waals surface area contributed by atoms with Crippen LogP contribution in [0.3, 0.4) is 0 Å². The lowest BCUT2D eigenvalue weighted by Crippen LogP contribution is -2.50. The van der Waals surface area contributed by atoms with Gasteiger partial charge in [0.1, 0.15) is 5.75 Å². The highest BCUT2D eigenvalue weighted by atomic mass is 16.3. The van der Waals surface area contributed by atoms with Gasteiger partial charge in [0.25, 0.3) is 0 Å². The van der Waals surface area contributed by atoms with Gasteiger partial charge >= 0.3 is 0 Å². The number of rotatable bonds is 6. The predicted octanol–water partition coefficient (Wildman–Crippen LogP) is 1.60. The van der Waals surface area contributed by atoms with Crippen LogP contribution in [0.5, 0.6) is 5.75 Å². The highest BCUT2D eigenvalue weighted by molar-refractivity contribution is 5.27. The number of hydrogen-bond acceptors (Lipinski definition) is 5. The first kappa shape index (κ1) is 18.6. The molecule has 0 bridgehead atoms. The Hall–Kier alpha value is -1.14. The summed E-state index contributed by atoms with van der Waals surface area (Å²) in [6.45, 7) is 11.1. The topological polar surface area (TPSA) is 50.2 Å². The zero-order valence-corrected chi connectivity index (χ0v) is 15.5. The van der Waals surface area contributed by atoms with Crippen molar-refractivity contribution in [1.29, 1.82) is 0 Å². The third kappa shape index (κ3) is 5.96.